The van der Waals surface area contributed by atoms with Crippen LogP contribution in [0.2, 0.25) is 0 Å². The van der Waals surface area contributed by atoms with Crippen molar-refractivity contribution < 1.29 is 14.3 Å². The molecule has 1 unspecified atom stereocenters. The second kappa shape index (κ2) is 11.5. The number of allylic oxidation sites excluding steroid dienone is 1. The number of amides is 2. The first kappa shape index (κ1) is 22.0. The van der Waals surface area contributed by atoms with Crippen LogP contribution in [0, 0.1) is 0 Å². The minimum atomic E-state index is -0.250. The summed E-state index contributed by atoms with van der Waals surface area (Å²) in [7, 11) is 0. The van der Waals surface area contributed by atoms with Crippen LogP contribution < -0.4 is 15.4 Å². The van der Waals surface area contributed by atoms with Crippen LogP contribution in [-0.2, 0) is 4.79 Å². The van der Waals surface area contributed by atoms with Crippen molar-refractivity contribution in [2.24, 2.45) is 0 Å². The third-order valence-corrected chi connectivity index (χ3v) is 4.39. The smallest absolute Gasteiger partial charge is 0.255 e. The van der Waals surface area contributed by atoms with Gasteiger partial charge in [0, 0.05) is 24.9 Å². The molecule has 0 saturated heterocycles. The number of hydrogen-bond acceptors (Lipinski definition) is 3. The van der Waals surface area contributed by atoms with Gasteiger partial charge in [-0.05, 0) is 24.6 Å². The van der Waals surface area contributed by atoms with Crippen molar-refractivity contribution in [3.8, 4) is 5.75 Å². The highest BCUT2D eigenvalue weighted by atomic mass is 16.5. The SMILES string of the molecule is C=CCOc1ccccc1C(=O)N[C@@H](C)CNC(=O)CC(C=C)c1ccccc1. The fourth-order valence-corrected chi connectivity index (χ4v) is 2.86. The quantitative estimate of drug-likeness (QED) is 0.571. The normalized spacial score (nSPS) is 12.3. The minimum Gasteiger partial charge on any atom is -0.489 e. The van der Waals surface area contributed by atoms with Gasteiger partial charge in [-0.1, -0.05) is 61.2 Å². The molecule has 0 fully saturated rings. The number of benzene rings is 2. The standard InChI is InChI=1S/C24H28N2O3/c1-4-15-29-22-14-10-9-13-21(22)24(28)26-18(3)17-25-23(27)16-19(5-2)20-11-7-6-8-12-20/h4-14,18-19H,1-2,15-17H2,3H3,(H,25,27)(H,26,28)/t18-,19?/m0/s1. The number of rotatable bonds is 11. The third kappa shape index (κ3) is 6.96. The van der Waals surface area contributed by atoms with E-state index in [9.17, 15) is 9.59 Å². The molecule has 2 atom stereocenters. The maximum absolute atomic E-state index is 12.5. The fourth-order valence-electron chi connectivity index (χ4n) is 2.86. The molecule has 2 aromatic carbocycles. The molecule has 0 aliphatic heterocycles. The molecule has 0 aliphatic rings. The Morgan fingerprint density at radius 2 is 1.76 bits per heavy atom. The third-order valence-electron chi connectivity index (χ3n) is 4.39. The van der Waals surface area contributed by atoms with Gasteiger partial charge in [0.25, 0.3) is 5.91 Å². The van der Waals surface area contributed by atoms with Crippen molar-refractivity contribution >= 4 is 11.8 Å². The van der Waals surface area contributed by atoms with Crippen LogP contribution >= 0.6 is 0 Å². The Balaban J connectivity index is 1.85. The van der Waals surface area contributed by atoms with Gasteiger partial charge in [0.1, 0.15) is 12.4 Å². The molecule has 5 heteroatoms. The molecule has 0 aliphatic carbocycles. The Morgan fingerprint density at radius 1 is 1.07 bits per heavy atom. The largest absolute Gasteiger partial charge is 0.489 e. The zero-order chi connectivity index (χ0) is 21.1. The lowest BCUT2D eigenvalue weighted by Crippen LogP contribution is -2.42. The summed E-state index contributed by atoms with van der Waals surface area (Å²) in [6, 6.07) is 16.6. The fraction of sp³-hybridized carbons (Fsp3) is 0.250. The molecule has 2 N–H and O–H groups in total. The van der Waals surface area contributed by atoms with Crippen molar-refractivity contribution in [3.63, 3.8) is 0 Å². The summed E-state index contributed by atoms with van der Waals surface area (Å²) in [6.45, 7) is 9.94. The van der Waals surface area contributed by atoms with Gasteiger partial charge in [0.05, 0.1) is 5.56 Å². The molecule has 0 heterocycles. The molecule has 0 spiro atoms. The van der Waals surface area contributed by atoms with E-state index >= 15 is 0 Å². The van der Waals surface area contributed by atoms with Crippen LogP contribution in [0.15, 0.2) is 79.9 Å². The maximum atomic E-state index is 12.5. The molecule has 29 heavy (non-hydrogen) atoms. The minimum absolute atomic E-state index is 0.0463. The van der Waals surface area contributed by atoms with Gasteiger partial charge in [-0.25, -0.2) is 0 Å². The van der Waals surface area contributed by atoms with Crippen molar-refractivity contribution in [1.82, 2.24) is 10.6 Å². The number of ether oxygens (including phenoxy) is 1. The van der Waals surface area contributed by atoms with Crippen LogP contribution in [0.5, 0.6) is 5.75 Å². The topological polar surface area (TPSA) is 67.4 Å². The number of nitrogens with one attached hydrogen (secondary N) is 2. The average molecular weight is 392 g/mol. The zero-order valence-electron chi connectivity index (χ0n) is 16.8. The van der Waals surface area contributed by atoms with E-state index in [1.165, 1.54) is 0 Å². The van der Waals surface area contributed by atoms with Gasteiger partial charge in [-0.3, -0.25) is 9.59 Å². The molecule has 0 saturated carbocycles. The Bertz CT molecular complexity index is 833. The zero-order valence-corrected chi connectivity index (χ0v) is 16.8. The highest BCUT2D eigenvalue weighted by Gasteiger charge is 2.16. The first-order chi connectivity index (χ1) is 14.0. The number of carbonyl (C=O) groups is 2. The van der Waals surface area contributed by atoms with Crippen molar-refractivity contribution in [2.75, 3.05) is 13.2 Å². The molecule has 2 rings (SSSR count). The van der Waals surface area contributed by atoms with Crippen LogP contribution in [0.4, 0.5) is 0 Å². The van der Waals surface area contributed by atoms with Crippen LogP contribution in [0.1, 0.15) is 35.2 Å². The van der Waals surface area contributed by atoms with Crippen LogP contribution in [0.3, 0.4) is 0 Å². The lowest BCUT2D eigenvalue weighted by Gasteiger charge is -2.18. The Morgan fingerprint density at radius 3 is 2.45 bits per heavy atom. The first-order valence-corrected chi connectivity index (χ1v) is 9.63. The summed E-state index contributed by atoms with van der Waals surface area (Å²) >= 11 is 0. The van der Waals surface area contributed by atoms with Crippen molar-refractivity contribution in [1.29, 1.82) is 0 Å². The predicted molar refractivity (Wildman–Crippen MR) is 116 cm³/mol. The first-order valence-electron chi connectivity index (χ1n) is 9.63. The van der Waals surface area contributed by atoms with Crippen LogP contribution in [-0.4, -0.2) is 31.0 Å². The van der Waals surface area contributed by atoms with E-state index < -0.39 is 0 Å². The van der Waals surface area contributed by atoms with Gasteiger partial charge < -0.3 is 15.4 Å². The summed E-state index contributed by atoms with van der Waals surface area (Å²) in [5.74, 6) is 0.113. The van der Waals surface area contributed by atoms with Gasteiger partial charge in [-0.2, -0.15) is 0 Å². The second-order valence-corrected chi connectivity index (χ2v) is 6.73. The number of hydrogen-bond donors (Lipinski definition) is 2. The number of carbonyl (C=O) groups excluding carboxylic acids is 2. The van der Waals surface area contributed by atoms with Crippen LogP contribution in [0.25, 0.3) is 0 Å². The molecule has 5 nitrogen and oxygen atoms in total. The lowest BCUT2D eigenvalue weighted by atomic mass is 9.95. The molecular formula is C24H28N2O3. The van der Waals surface area contributed by atoms with Gasteiger partial charge in [0.2, 0.25) is 5.91 Å². The highest BCUT2D eigenvalue weighted by Crippen LogP contribution is 2.20. The Hall–Kier alpha value is -3.34. The summed E-state index contributed by atoms with van der Waals surface area (Å²) < 4.78 is 5.53. The maximum Gasteiger partial charge on any atom is 0.255 e. The van der Waals surface area contributed by atoms with E-state index in [4.69, 9.17) is 4.74 Å². The van der Waals surface area contributed by atoms with E-state index in [2.05, 4.69) is 23.8 Å². The van der Waals surface area contributed by atoms with Gasteiger partial charge in [0.15, 0.2) is 0 Å². The molecule has 0 aromatic heterocycles. The van der Waals surface area contributed by atoms with E-state index in [0.29, 0.717) is 30.9 Å². The van der Waals surface area contributed by atoms with Gasteiger partial charge >= 0.3 is 0 Å². The highest BCUT2D eigenvalue weighted by molar-refractivity contribution is 5.97. The monoisotopic (exact) mass is 392 g/mol. The molecule has 152 valence electrons. The Labute approximate surface area is 172 Å². The molecule has 2 aromatic rings. The summed E-state index contributed by atoms with van der Waals surface area (Å²) in [6.07, 6.45) is 3.71. The molecule has 0 bridgehead atoms. The van der Waals surface area contributed by atoms with E-state index in [0.717, 1.165) is 5.56 Å². The molecular weight excluding hydrogens is 364 g/mol. The summed E-state index contributed by atoms with van der Waals surface area (Å²) in [5.41, 5.74) is 1.50. The van der Waals surface area contributed by atoms with E-state index in [1.807, 2.05) is 43.3 Å². The van der Waals surface area contributed by atoms with Crippen molar-refractivity contribution in [3.05, 3.63) is 91.0 Å². The molecule has 2 amide bonds. The average Bonchev–Trinajstić information content (AvgIpc) is 2.75. The van der Waals surface area contributed by atoms with Crippen molar-refractivity contribution in [2.45, 2.75) is 25.3 Å². The Kier molecular flexibility index (Phi) is 8.70. The van der Waals surface area contributed by atoms with E-state index in [1.54, 1.807) is 30.4 Å². The predicted octanol–water partition coefficient (Wildman–Crippen LogP) is 3.85. The van der Waals surface area contributed by atoms with E-state index in [-0.39, 0.29) is 23.8 Å². The summed E-state index contributed by atoms with van der Waals surface area (Å²) in [5, 5.41) is 5.76. The lowest BCUT2D eigenvalue weighted by molar-refractivity contribution is -0.121. The second-order valence-electron chi connectivity index (χ2n) is 6.73. The molecule has 0 radical (unpaired) electrons. The summed E-state index contributed by atoms with van der Waals surface area (Å²) in [4.78, 5) is 24.9. The van der Waals surface area contributed by atoms with Gasteiger partial charge in [-0.15, -0.1) is 6.58 Å². The number of para-hydroxylation sites is 1.